The van der Waals surface area contributed by atoms with Crippen LogP contribution in [0.1, 0.15) is 16.9 Å². The van der Waals surface area contributed by atoms with Gasteiger partial charge in [0.05, 0.1) is 13.7 Å². The number of benzene rings is 1. The van der Waals surface area contributed by atoms with Crippen LogP contribution >= 0.6 is 11.6 Å². The van der Waals surface area contributed by atoms with Crippen molar-refractivity contribution in [1.29, 1.82) is 0 Å². The Morgan fingerprint density at radius 3 is 2.62 bits per heavy atom. The molecule has 0 atom stereocenters. The highest BCUT2D eigenvalue weighted by atomic mass is 35.5. The summed E-state index contributed by atoms with van der Waals surface area (Å²) in [6, 6.07) is 8.33. The van der Waals surface area contributed by atoms with E-state index in [0.717, 1.165) is 5.75 Å². The molecule has 1 amide bonds. The van der Waals surface area contributed by atoms with Gasteiger partial charge in [-0.15, -0.1) is 0 Å². The minimum atomic E-state index is -0.334. The molecule has 0 aliphatic heterocycles. The fraction of sp³-hybridized carbons (Fsp3) is 0.294. The Morgan fingerprint density at radius 1 is 1.29 bits per heavy atom. The number of pyridine rings is 1. The normalized spacial score (nSPS) is 10.3. The van der Waals surface area contributed by atoms with Crippen LogP contribution in [0, 0.1) is 0 Å². The minimum Gasteiger partial charge on any atom is -0.494 e. The van der Waals surface area contributed by atoms with Crippen molar-refractivity contribution in [2.45, 2.75) is 6.42 Å². The molecule has 0 fully saturated rings. The summed E-state index contributed by atoms with van der Waals surface area (Å²) in [5.41, 5.74) is -0.110. The van der Waals surface area contributed by atoms with Gasteiger partial charge in [-0.1, -0.05) is 11.6 Å². The molecule has 2 aromatic rings. The zero-order valence-electron chi connectivity index (χ0n) is 13.5. The Labute approximate surface area is 145 Å². The first-order chi connectivity index (χ1) is 11.5. The molecule has 1 N–H and O–H groups in total. The van der Waals surface area contributed by atoms with E-state index in [9.17, 15) is 9.59 Å². The van der Waals surface area contributed by atoms with E-state index in [0.29, 0.717) is 24.6 Å². The predicted octanol–water partition coefficient (Wildman–Crippen LogP) is 2.58. The number of rotatable bonds is 7. The van der Waals surface area contributed by atoms with Crippen LogP contribution in [-0.4, -0.2) is 43.1 Å². The summed E-state index contributed by atoms with van der Waals surface area (Å²) in [5.74, 6) is 0.639. The summed E-state index contributed by atoms with van der Waals surface area (Å²) < 4.78 is 10.5. The molecule has 24 heavy (non-hydrogen) atoms. The highest BCUT2D eigenvalue weighted by molar-refractivity contribution is 6.30. The van der Waals surface area contributed by atoms with Gasteiger partial charge >= 0.3 is 0 Å². The second kappa shape index (κ2) is 8.40. The standard InChI is InChI=1S/C17H19ClN2O4/c1-20(8-3-9-24-13-6-4-12(18)5-7-13)17(22)14-10-15(21)16(23-2)11-19-14/h4-7,10-11H,3,8-9H2,1-2H3,(H,19,21). The first-order valence-corrected chi connectivity index (χ1v) is 7.79. The summed E-state index contributed by atoms with van der Waals surface area (Å²) in [6.07, 6.45) is 2.04. The second-order valence-corrected chi connectivity index (χ2v) is 5.60. The molecular formula is C17H19ClN2O4. The lowest BCUT2D eigenvalue weighted by molar-refractivity contribution is 0.0782. The molecule has 0 aliphatic carbocycles. The Balaban J connectivity index is 1.82. The van der Waals surface area contributed by atoms with Crippen molar-refractivity contribution < 1.29 is 14.3 Å². The third-order valence-corrected chi connectivity index (χ3v) is 3.65. The number of methoxy groups -OCH3 is 1. The van der Waals surface area contributed by atoms with E-state index in [1.165, 1.54) is 24.3 Å². The Morgan fingerprint density at radius 2 is 2.00 bits per heavy atom. The third-order valence-electron chi connectivity index (χ3n) is 3.39. The molecule has 0 spiro atoms. The van der Waals surface area contributed by atoms with Gasteiger partial charge in [-0.3, -0.25) is 9.59 Å². The fourth-order valence-corrected chi connectivity index (χ4v) is 2.20. The van der Waals surface area contributed by atoms with Crippen molar-refractivity contribution in [3.05, 3.63) is 57.5 Å². The number of nitrogens with zero attached hydrogens (tertiary/aromatic N) is 1. The molecule has 0 aliphatic rings. The molecule has 1 aromatic heterocycles. The number of aromatic amines is 1. The topological polar surface area (TPSA) is 71.6 Å². The summed E-state index contributed by atoms with van der Waals surface area (Å²) in [4.78, 5) is 28.3. The summed E-state index contributed by atoms with van der Waals surface area (Å²) >= 11 is 5.80. The van der Waals surface area contributed by atoms with Crippen molar-refractivity contribution in [1.82, 2.24) is 9.88 Å². The van der Waals surface area contributed by atoms with Gasteiger partial charge in [-0.25, -0.2) is 0 Å². The van der Waals surface area contributed by atoms with E-state index >= 15 is 0 Å². The zero-order valence-corrected chi connectivity index (χ0v) is 14.3. The van der Waals surface area contributed by atoms with Crippen LogP contribution in [0.25, 0.3) is 0 Å². The highest BCUT2D eigenvalue weighted by Crippen LogP contribution is 2.15. The SMILES string of the molecule is COc1c[nH]c(C(=O)N(C)CCCOc2ccc(Cl)cc2)cc1=O. The van der Waals surface area contributed by atoms with Gasteiger partial charge in [0, 0.05) is 30.9 Å². The van der Waals surface area contributed by atoms with E-state index in [1.807, 2.05) is 0 Å². The molecule has 6 nitrogen and oxygen atoms in total. The van der Waals surface area contributed by atoms with Crippen LogP contribution in [0.3, 0.4) is 0 Å². The van der Waals surface area contributed by atoms with Crippen molar-refractivity contribution in [3.63, 3.8) is 0 Å². The first kappa shape index (κ1) is 17.9. The van der Waals surface area contributed by atoms with Crippen LogP contribution in [0.5, 0.6) is 11.5 Å². The van der Waals surface area contributed by atoms with Crippen molar-refractivity contribution in [2.75, 3.05) is 27.3 Å². The maximum Gasteiger partial charge on any atom is 0.270 e. The molecule has 0 bridgehead atoms. The van der Waals surface area contributed by atoms with Crippen LogP contribution in [0.15, 0.2) is 41.3 Å². The first-order valence-electron chi connectivity index (χ1n) is 7.42. The van der Waals surface area contributed by atoms with E-state index in [-0.39, 0.29) is 22.8 Å². The summed E-state index contributed by atoms with van der Waals surface area (Å²) in [7, 11) is 3.08. The van der Waals surface area contributed by atoms with Crippen molar-refractivity contribution in [2.24, 2.45) is 0 Å². The fourth-order valence-electron chi connectivity index (χ4n) is 2.07. The monoisotopic (exact) mass is 350 g/mol. The van der Waals surface area contributed by atoms with E-state index < -0.39 is 0 Å². The molecule has 7 heteroatoms. The summed E-state index contributed by atoms with van der Waals surface area (Å²) in [5, 5.41) is 0.654. The number of aromatic nitrogens is 1. The number of H-pyrrole nitrogens is 1. The van der Waals surface area contributed by atoms with Gasteiger partial charge in [0.15, 0.2) is 5.75 Å². The number of ether oxygens (including phenoxy) is 2. The van der Waals surface area contributed by atoms with Crippen molar-refractivity contribution >= 4 is 17.5 Å². The smallest absolute Gasteiger partial charge is 0.270 e. The Bertz CT molecular complexity index is 743. The quantitative estimate of drug-likeness (QED) is 0.779. The molecule has 0 radical (unpaired) electrons. The van der Waals surface area contributed by atoms with Gasteiger partial charge in [0.1, 0.15) is 11.4 Å². The van der Waals surface area contributed by atoms with Gasteiger partial charge < -0.3 is 19.4 Å². The van der Waals surface area contributed by atoms with Gasteiger partial charge in [0.25, 0.3) is 5.91 Å². The van der Waals surface area contributed by atoms with E-state index in [1.54, 1.807) is 31.3 Å². The lowest BCUT2D eigenvalue weighted by Gasteiger charge is -2.17. The third kappa shape index (κ3) is 4.76. The van der Waals surface area contributed by atoms with Gasteiger partial charge in [-0.2, -0.15) is 0 Å². The second-order valence-electron chi connectivity index (χ2n) is 5.16. The molecule has 0 saturated heterocycles. The average molecular weight is 351 g/mol. The molecule has 1 aromatic carbocycles. The lowest BCUT2D eigenvalue weighted by atomic mass is 10.3. The molecule has 2 rings (SSSR count). The van der Waals surface area contributed by atoms with E-state index in [2.05, 4.69) is 4.98 Å². The Hall–Kier alpha value is -2.47. The molecule has 0 saturated carbocycles. The maximum absolute atomic E-state index is 12.3. The number of carbonyl (C=O) groups excluding carboxylic acids is 1. The van der Waals surface area contributed by atoms with E-state index in [4.69, 9.17) is 21.1 Å². The van der Waals surface area contributed by atoms with Crippen LogP contribution in [-0.2, 0) is 0 Å². The lowest BCUT2D eigenvalue weighted by Crippen LogP contribution is -2.30. The molecular weight excluding hydrogens is 332 g/mol. The summed E-state index contributed by atoms with van der Waals surface area (Å²) in [6.45, 7) is 0.971. The number of hydrogen-bond donors (Lipinski definition) is 1. The zero-order chi connectivity index (χ0) is 17.5. The van der Waals surface area contributed by atoms with Gasteiger partial charge in [-0.05, 0) is 30.7 Å². The highest BCUT2D eigenvalue weighted by Gasteiger charge is 2.13. The number of halogens is 1. The van der Waals surface area contributed by atoms with Crippen molar-refractivity contribution in [3.8, 4) is 11.5 Å². The minimum absolute atomic E-state index is 0.172. The van der Waals surface area contributed by atoms with Crippen LogP contribution < -0.4 is 14.9 Å². The largest absolute Gasteiger partial charge is 0.494 e. The average Bonchev–Trinajstić information content (AvgIpc) is 2.59. The molecule has 0 unspecified atom stereocenters. The number of carbonyl (C=O) groups is 1. The van der Waals surface area contributed by atoms with Gasteiger partial charge in [0.2, 0.25) is 5.43 Å². The molecule has 128 valence electrons. The van der Waals surface area contributed by atoms with Crippen LogP contribution in [0.4, 0.5) is 0 Å². The Kier molecular flexibility index (Phi) is 6.26. The molecule has 1 heterocycles. The predicted molar refractivity (Wildman–Crippen MR) is 92.1 cm³/mol. The maximum atomic E-state index is 12.3. The number of hydrogen-bond acceptors (Lipinski definition) is 4. The van der Waals surface area contributed by atoms with Crippen LogP contribution in [0.2, 0.25) is 5.02 Å². The number of nitrogens with one attached hydrogen (secondary N) is 1. The number of amides is 1.